The minimum atomic E-state index is -2.42. The molecule has 0 amide bonds. The van der Waals surface area contributed by atoms with Gasteiger partial charge in [0.2, 0.25) is 0 Å². The molecule has 2 aromatic rings. The van der Waals surface area contributed by atoms with Crippen molar-refractivity contribution in [1.82, 2.24) is 0 Å². The third-order valence-corrected chi connectivity index (χ3v) is 5.97. The molecule has 0 saturated carbocycles. The first kappa shape index (κ1) is 27.8. The van der Waals surface area contributed by atoms with Gasteiger partial charge in [0.05, 0.1) is 20.8 Å². The Hall–Kier alpha value is -2.46. The highest BCUT2D eigenvalue weighted by atomic mass is 16.5. The molecular weight excluding hydrogens is 440 g/mol. The molecule has 0 radical (unpaired) electrons. The number of ether oxygens (including phenoxy) is 2. The van der Waals surface area contributed by atoms with E-state index in [2.05, 4.69) is 6.58 Å². The van der Waals surface area contributed by atoms with Crippen molar-refractivity contribution in [3.63, 3.8) is 0 Å². The van der Waals surface area contributed by atoms with Crippen molar-refractivity contribution in [1.29, 1.82) is 0 Å². The lowest BCUT2D eigenvalue weighted by Gasteiger charge is -2.46. The first-order chi connectivity index (χ1) is 16.0. The molecule has 2 aromatic carbocycles. The van der Waals surface area contributed by atoms with E-state index in [0.29, 0.717) is 28.2 Å². The summed E-state index contributed by atoms with van der Waals surface area (Å²) in [4.78, 5) is 0. The quantitative estimate of drug-likeness (QED) is 0.235. The number of aliphatic hydroxyl groups is 6. The Bertz CT molecular complexity index is 913. The van der Waals surface area contributed by atoms with Crippen LogP contribution in [0.25, 0.3) is 0 Å². The zero-order valence-electron chi connectivity index (χ0n) is 19.9. The van der Waals surface area contributed by atoms with Gasteiger partial charge in [0.1, 0.15) is 41.0 Å². The molecule has 0 spiro atoms. The van der Waals surface area contributed by atoms with Crippen molar-refractivity contribution in [3.8, 4) is 11.5 Å². The second kappa shape index (κ2) is 11.8. The van der Waals surface area contributed by atoms with Crippen LogP contribution in [0, 0.1) is 0 Å². The highest BCUT2D eigenvalue weighted by Crippen LogP contribution is 2.36. The zero-order valence-corrected chi connectivity index (χ0v) is 19.9. The van der Waals surface area contributed by atoms with Crippen molar-refractivity contribution < 1.29 is 40.1 Å². The van der Waals surface area contributed by atoms with Gasteiger partial charge in [0, 0.05) is 12.8 Å². The van der Waals surface area contributed by atoms with Crippen LogP contribution >= 0.6 is 0 Å². The Morgan fingerprint density at radius 2 is 1.29 bits per heavy atom. The zero-order chi connectivity index (χ0) is 25.5. The number of hydrogen-bond acceptors (Lipinski definition) is 8. The second-order valence-electron chi connectivity index (χ2n) is 8.88. The van der Waals surface area contributed by atoms with Crippen LogP contribution in [-0.4, -0.2) is 81.0 Å². The van der Waals surface area contributed by atoms with Crippen LogP contribution in [-0.2, 0) is 12.8 Å². The molecule has 0 aromatic heterocycles. The summed E-state index contributed by atoms with van der Waals surface area (Å²) in [5, 5.41) is 65.1. The van der Waals surface area contributed by atoms with E-state index in [-0.39, 0.29) is 19.3 Å². The molecule has 8 nitrogen and oxygen atoms in total. The van der Waals surface area contributed by atoms with E-state index in [0.717, 1.165) is 0 Å². The Morgan fingerprint density at radius 3 is 1.68 bits per heavy atom. The number of aliphatic hydroxyl groups excluding tert-OH is 4. The van der Waals surface area contributed by atoms with Gasteiger partial charge in [0.25, 0.3) is 0 Å². The highest BCUT2D eigenvalue weighted by Gasteiger charge is 2.54. The summed E-state index contributed by atoms with van der Waals surface area (Å²) < 4.78 is 10.3. The number of methoxy groups -OCH3 is 2. The second-order valence-corrected chi connectivity index (χ2v) is 8.88. The molecule has 2 rings (SSSR count). The van der Waals surface area contributed by atoms with Gasteiger partial charge in [-0.3, -0.25) is 0 Å². The van der Waals surface area contributed by atoms with E-state index in [4.69, 9.17) is 9.47 Å². The smallest absolute Gasteiger partial charge is 0.126 e. The molecule has 0 heterocycles. The average Bonchev–Trinajstić information content (AvgIpc) is 2.82. The summed E-state index contributed by atoms with van der Waals surface area (Å²) in [6, 6.07) is 13.4. The van der Waals surface area contributed by atoms with Crippen LogP contribution in [0.2, 0.25) is 0 Å². The van der Waals surface area contributed by atoms with Gasteiger partial charge in [-0.25, -0.2) is 0 Å². The van der Waals surface area contributed by atoms with Crippen molar-refractivity contribution >= 4 is 0 Å². The van der Waals surface area contributed by atoms with Gasteiger partial charge < -0.3 is 40.1 Å². The van der Waals surface area contributed by atoms with Crippen molar-refractivity contribution in [2.24, 2.45) is 0 Å². The van der Waals surface area contributed by atoms with Gasteiger partial charge in [-0.15, -0.1) is 6.58 Å². The maximum atomic E-state index is 11.7. The van der Waals surface area contributed by atoms with Gasteiger partial charge in [0.15, 0.2) is 0 Å². The van der Waals surface area contributed by atoms with Crippen molar-refractivity contribution in [2.45, 2.75) is 55.7 Å². The minimum absolute atomic E-state index is 0.0854. The van der Waals surface area contributed by atoms with Crippen LogP contribution in [0.1, 0.15) is 24.5 Å². The van der Waals surface area contributed by atoms with Crippen molar-refractivity contribution in [2.75, 3.05) is 20.8 Å². The Kier molecular flexibility index (Phi) is 9.64. The number of hydrogen-bond donors (Lipinski definition) is 6. The molecule has 0 aliphatic carbocycles. The van der Waals surface area contributed by atoms with Gasteiger partial charge in [-0.1, -0.05) is 29.8 Å². The molecule has 0 saturated heterocycles. The summed E-state index contributed by atoms with van der Waals surface area (Å²) in [7, 11) is 3.04. The molecule has 0 bridgehead atoms. The number of rotatable bonds is 13. The molecule has 5 atom stereocenters. The van der Waals surface area contributed by atoms with E-state index < -0.39 is 36.1 Å². The van der Waals surface area contributed by atoms with E-state index in [9.17, 15) is 30.6 Å². The molecule has 6 N–H and O–H groups in total. The minimum Gasteiger partial charge on any atom is -0.497 e. The van der Waals surface area contributed by atoms with Crippen LogP contribution in [0.4, 0.5) is 0 Å². The van der Waals surface area contributed by atoms with Crippen LogP contribution in [0.15, 0.2) is 60.7 Å². The molecule has 8 heteroatoms. The third kappa shape index (κ3) is 6.56. The Balaban J connectivity index is 2.50. The topological polar surface area (TPSA) is 140 Å². The summed E-state index contributed by atoms with van der Waals surface area (Å²) in [5.41, 5.74) is -2.69. The molecular formula is C26H36O8. The molecule has 188 valence electrons. The van der Waals surface area contributed by atoms with Crippen molar-refractivity contribution in [3.05, 3.63) is 71.8 Å². The summed E-state index contributed by atoms with van der Waals surface area (Å²) >= 11 is 0. The normalized spacial score (nSPS) is 17.7. The van der Waals surface area contributed by atoms with E-state index >= 15 is 0 Å². The van der Waals surface area contributed by atoms with Gasteiger partial charge >= 0.3 is 0 Å². The molecule has 0 aliphatic heterocycles. The van der Waals surface area contributed by atoms with Crippen LogP contribution < -0.4 is 9.47 Å². The van der Waals surface area contributed by atoms with Gasteiger partial charge in [-0.05, 0) is 48.7 Å². The van der Waals surface area contributed by atoms with Crippen LogP contribution in [0.5, 0.6) is 11.5 Å². The fourth-order valence-corrected chi connectivity index (χ4v) is 4.21. The Morgan fingerprint density at radius 1 is 0.853 bits per heavy atom. The average molecular weight is 477 g/mol. The molecule has 0 aliphatic rings. The largest absolute Gasteiger partial charge is 0.497 e. The predicted octanol–water partition coefficient (Wildman–Crippen LogP) is 0.992. The van der Waals surface area contributed by atoms with Crippen LogP contribution in [0.3, 0.4) is 0 Å². The van der Waals surface area contributed by atoms with E-state index in [1.807, 2.05) is 0 Å². The monoisotopic (exact) mass is 476 g/mol. The lowest BCUT2D eigenvalue weighted by Crippen LogP contribution is -2.66. The fourth-order valence-electron chi connectivity index (χ4n) is 4.21. The molecule has 0 fully saturated rings. The lowest BCUT2D eigenvalue weighted by atomic mass is 9.71. The van der Waals surface area contributed by atoms with E-state index in [1.165, 1.54) is 14.2 Å². The first-order valence-electron chi connectivity index (χ1n) is 11.0. The van der Waals surface area contributed by atoms with Gasteiger partial charge in [-0.2, -0.15) is 0 Å². The predicted molar refractivity (Wildman–Crippen MR) is 128 cm³/mol. The number of benzene rings is 2. The SMILES string of the molecule is C=C(C)CC(O)(Cc1ccc(OC)cc1)[C@@H](O)[C@@](O)(Cc1ccc(OC)cc1)[C@H](O)[C@@H](O)CO. The fraction of sp³-hybridized carbons (Fsp3) is 0.462. The standard InChI is InChI=1S/C26H36O8/c1-17(2)13-25(31,14-18-5-9-20(33-3)10-6-18)24(30)26(32,23(29)22(28)16-27)15-19-7-11-21(34-4)12-8-19/h5-12,22-24,27-32H,1,13-16H2,2-4H3/t22-,23+,24+,25?,26+/m0/s1. The summed E-state index contributed by atoms with van der Waals surface area (Å²) in [6.45, 7) is 4.66. The highest BCUT2D eigenvalue weighted by molar-refractivity contribution is 5.31. The summed E-state index contributed by atoms with van der Waals surface area (Å²) in [5.74, 6) is 1.19. The Labute approximate surface area is 200 Å². The maximum absolute atomic E-state index is 11.7. The molecule has 34 heavy (non-hydrogen) atoms. The molecule has 1 unspecified atom stereocenters. The first-order valence-corrected chi connectivity index (χ1v) is 11.0. The lowest BCUT2D eigenvalue weighted by molar-refractivity contribution is -0.228. The maximum Gasteiger partial charge on any atom is 0.126 e. The van der Waals surface area contributed by atoms with E-state index in [1.54, 1.807) is 55.5 Å². The third-order valence-electron chi connectivity index (χ3n) is 5.97. The summed E-state index contributed by atoms with van der Waals surface area (Å²) in [6.07, 6.45) is -6.16.